The zero-order valence-electron chi connectivity index (χ0n) is 17.8. The van der Waals surface area contributed by atoms with Gasteiger partial charge in [-0.15, -0.1) is 0 Å². The molecule has 0 bridgehead atoms. The number of benzene rings is 3. The van der Waals surface area contributed by atoms with Gasteiger partial charge in [0.25, 0.3) is 0 Å². The van der Waals surface area contributed by atoms with E-state index in [0.717, 1.165) is 50.8 Å². The van der Waals surface area contributed by atoms with E-state index < -0.39 is 11.9 Å². The Balaban J connectivity index is 1.87. The first-order chi connectivity index (χ1) is 15.5. The summed E-state index contributed by atoms with van der Waals surface area (Å²) in [5.74, 6) is -0.911. The summed E-state index contributed by atoms with van der Waals surface area (Å²) < 4.78 is 12.6. The van der Waals surface area contributed by atoms with E-state index in [1.54, 1.807) is 0 Å². The lowest BCUT2D eigenvalue weighted by Crippen LogP contribution is -2.01. The molecule has 160 valence electrons. The molecule has 5 nitrogen and oxygen atoms in total. The lowest BCUT2D eigenvalue weighted by Gasteiger charge is -2.10. The van der Waals surface area contributed by atoms with Crippen molar-refractivity contribution in [3.8, 4) is 5.69 Å². The number of nitrogens with zero attached hydrogens (tertiary/aromatic N) is 1. The number of hydrogen-bond donors (Lipinski definition) is 0. The lowest BCUT2D eigenvalue weighted by molar-refractivity contribution is -0.139. The van der Waals surface area contributed by atoms with E-state index in [4.69, 9.17) is 9.47 Å². The van der Waals surface area contributed by atoms with Gasteiger partial charge in [0.1, 0.15) is 13.2 Å². The van der Waals surface area contributed by atoms with Crippen molar-refractivity contribution in [1.29, 1.82) is 0 Å². The van der Waals surface area contributed by atoms with Crippen molar-refractivity contribution in [1.82, 2.24) is 4.57 Å². The maximum atomic E-state index is 11.5. The van der Waals surface area contributed by atoms with Crippen LogP contribution in [-0.4, -0.2) is 16.5 Å². The number of carbonyl (C=O) groups excluding carboxylic acids is 2. The third-order valence-corrected chi connectivity index (χ3v) is 5.28. The largest absolute Gasteiger partial charge is 0.458 e. The highest BCUT2D eigenvalue weighted by atomic mass is 16.5. The van der Waals surface area contributed by atoms with Crippen LogP contribution in [0.5, 0.6) is 0 Å². The minimum atomic E-state index is -0.456. The molecular weight excluding hydrogens is 402 g/mol. The van der Waals surface area contributed by atoms with Gasteiger partial charge in [-0.3, -0.25) is 0 Å². The third-order valence-electron chi connectivity index (χ3n) is 5.28. The summed E-state index contributed by atoms with van der Waals surface area (Å²) in [5.41, 5.74) is 5.93. The Morgan fingerprint density at radius 1 is 0.781 bits per heavy atom. The second kappa shape index (κ2) is 8.94. The molecule has 1 heterocycles. The normalized spacial score (nSPS) is 10.8. The van der Waals surface area contributed by atoms with Crippen LogP contribution in [0.25, 0.3) is 27.5 Å². The van der Waals surface area contributed by atoms with Crippen LogP contribution in [0.1, 0.15) is 16.7 Å². The SMILES string of the molecule is C=CC(=O)OCc1ccc2c3ccc(COC(=O)C=C)cc3n(-c3ccc(C)cc3)c2c1. The van der Waals surface area contributed by atoms with Crippen LogP contribution in [0.3, 0.4) is 0 Å². The predicted octanol–water partition coefficient (Wildman–Crippen LogP) is 5.55. The Bertz CT molecular complexity index is 1260. The van der Waals surface area contributed by atoms with Crippen molar-refractivity contribution in [3.05, 3.63) is 103 Å². The average molecular weight is 425 g/mol. The van der Waals surface area contributed by atoms with Gasteiger partial charge < -0.3 is 14.0 Å². The van der Waals surface area contributed by atoms with Crippen LogP contribution in [0.4, 0.5) is 0 Å². The average Bonchev–Trinajstić information content (AvgIpc) is 3.14. The van der Waals surface area contributed by atoms with E-state index in [9.17, 15) is 9.59 Å². The molecule has 0 aliphatic rings. The lowest BCUT2D eigenvalue weighted by atomic mass is 10.1. The highest BCUT2D eigenvalue weighted by Crippen LogP contribution is 2.33. The van der Waals surface area contributed by atoms with Crippen LogP contribution in [0.2, 0.25) is 0 Å². The van der Waals surface area contributed by atoms with Crippen LogP contribution in [0, 0.1) is 6.92 Å². The summed E-state index contributed by atoms with van der Waals surface area (Å²) in [4.78, 5) is 23.0. The summed E-state index contributed by atoms with van der Waals surface area (Å²) in [7, 11) is 0. The van der Waals surface area contributed by atoms with Crippen LogP contribution in [-0.2, 0) is 32.3 Å². The number of aryl methyl sites for hydroxylation is 1. The van der Waals surface area contributed by atoms with Crippen LogP contribution in [0.15, 0.2) is 86.0 Å². The Morgan fingerprint density at radius 2 is 1.25 bits per heavy atom. The molecule has 0 unspecified atom stereocenters. The Hall–Kier alpha value is -4.12. The molecule has 0 aliphatic carbocycles. The topological polar surface area (TPSA) is 57.5 Å². The first kappa shape index (κ1) is 21.1. The van der Waals surface area contributed by atoms with E-state index in [0.29, 0.717) is 0 Å². The monoisotopic (exact) mass is 425 g/mol. The molecular formula is C27H23NO4. The predicted molar refractivity (Wildman–Crippen MR) is 126 cm³/mol. The van der Waals surface area contributed by atoms with E-state index in [2.05, 4.69) is 42.0 Å². The zero-order valence-corrected chi connectivity index (χ0v) is 17.8. The fourth-order valence-electron chi connectivity index (χ4n) is 3.69. The molecule has 0 saturated carbocycles. The summed E-state index contributed by atoms with van der Waals surface area (Å²) in [6.07, 6.45) is 2.31. The first-order valence-corrected chi connectivity index (χ1v) is 10.2. The summed E-state index contributed by atoms with van der Waals surface area (Å²) in [6.45, 7) is 9.25. The molecule has 3 aromatic carbocycles. The van der Waals surface area contributed by atoms with E-state index in [1.165, 1.54) is 5.56 Å². The highest BCUT2D eigenvalue weighted by Gasteiger charge is 2.14. The molecule has 0 radical (unpaired) electrons. The van der Waals surface area contributed by atoms with E-state index >= 15 is 0 Å². The molecule has 4 aromatic rings. The van der Waals surface area contributed by atoms with Crippen LogP contribution >= 0.6 is 0 Å². The Morgan fingerprint density at radius 3 is 1.69 bits per heavy atom. The molecule has 0 aliphatic heterocycles. The van der Waals surface area contributed by atoms with Gasteiger partial charge in [-0.05, 0) is 42.3 Å². The molecule has 1 aromatic heterocycles. The van der Waals surface area contributed by atoms with Gasteiger partial charge >= 0.3 is 11.9 Å². The molecule has 0 saturated heterocycles. The van der Waals surface area contributed by atoms with Crippen molar-refractivity contribution in [3.63, 3.8) is 0 Å². The van der Waals surface area contributed by atoms with Gasteiger partial charge in [0.05, 0.1) is 11.0 Å². The summed E-state index contributed by atoms with van der Waals surface area (Å²) in [6, 6.07) is 20.3. The zero-order chi connectivity index (χ0) is 22.7. The standard InChI is InChI=1S/C27H23NO4/c1-4-26(29)31-16-19-8-12-22-23-13-9-20(17-32-27(30)5-2)15-25(23)28(24(22)14-19)21-10-6-18(3)7-11-21/h4-15H,1-2,16-17H2,3H3. The molecule has 0 fully saturated rings. The smallest absolute Gasteiger partial charge is 0.330 e. The number of carbonyl (C=O) groups is 2. The number of ether oxygens (including phenoxy) is 2. The maximum Gasteiger partial charge on any atom is 0.330 e. The number of aromatic nitrogens is 1. The molecule has 5 heteroatoms. The minimum Gasteiger partial charge on any atom is -0.458 e. The molecule has 0 N–H and O–H groups in total. The Labute approximate surface area is 186 Å². The van der Waals surface area contributed by atoms with Crippen molar-refractivity contribution in [2.24, 2.45) is 0 Å². The van der Waals surface area contributed by atoms with Crippen molar-refractivity contribution >= 4 is 33.7 Å². The number of hydrogen-bond acceptors (Lipinski definition) is 4. The number of fused-ring (bicyclic) bond motifs is 3. The molecule has 0 spiro atoms. The van der Waals surface area contributed by atoms with Crippen LogP contribution < -0.4 is 0 Å². The van der Waals surface area contributed by atoms with Gasteiger partial charge in [-0.2, -0.15) is 0 Å². The van der Waals surface area contributed by atoms with E-state index in [1.807, 2.05) is 43.3 Å². The second-order valence-corrected chi connectivity index (χ2v) is 7.50. The fraction of sp³-hybridized carbons (Fsp3) is 0.111. The van der Waals surface area contributed by atoms with Gasteiger partial charge in [0, 0.05) is 28.6 Å². The second-order valence-electron chi connectivity index (χ2n) is 7.50. The van der Waals surface area contributed by atoms with Gasteiger partial charge in [-0.25, -0.2) is 9.59 Å². The Kier molecular flexibility index (Phi) is 5.90. The molecule has 0 amide bonds. The van der Waals surface area contributed by atoms with E-state index in [-0.39, 0.29) is 13.2 Å². The van der Waals surface area contributed by atoms with Crippen molar-refractivity contribution < 1.29 is 19.1 Å². The molecule has 32 heavy (non-hydrogen) atoms. The van der Waals surface area contributed by atoms with Gasteiger partial charge in [0.2, 0.25) is 0 Å². The molecule has 4 rings (SSSR count). The fourth-order valence-corrected chi connectivity index (χ4v) is 3.69. The van der Waals surface area contributed by atoms with Crippen molar-refractivity contribution in [2.45, 2.75) is 20.1 Å². The highest BCUT2D eigenvalue weighted by molar-refractivity contribution is 6.09. The summed E-state index contributed by atoms with van der Waals surface area (Å²) in [5, 5.41) is 2.16. The van der Waals surface area contributed by atoms with Crippen molar-refractivity contribution in [2.75, 3.05) is 0 Å². The molecule has 0 atom stereocenters. The number of esters is 2. The van der Waals surface area contributed by atoms with Gasteiger partial charge in [-0.1, -0.05) is 55.1 Å². The van der Waals surface area contributed by atoms with Gasteiger partial charge in [0.15, 0.2) is 0 Å². The quantitative estimate of drug-likeness (QED) is 0.288. The number of rotatable bonds is 7. The summed E-state index contributed by atoms with van der Waals surface area (Å²) >= 11 is 0. The minimum absolute atomic E-state index is 0.166. The first-order valence-electron chi connectivity index (χ1n) is 10.2. The third kappa shape index (κ3) is 4.18. The maximum absolute atomic E-state index is 11.5.